The smallest absolute Gasteiger partial charge is 0.285 e. The van der Waals surface area contributed by atoms with E-state index < -0.39 is 64.7 Å². The van der Waals surface area contributed by atoms with Crippen LogP contribution in [0, 0.1) is 6.92 Å². The lowest BCUT2D eigenvalue weighted by Crippen LogP contribution is -2.69. The van der Waals surface area contributed by atoms with E-state index in [4.69, 9.17) is 18.6 Å². The quantitative estimate of drug-likeness (QED) is 0.150. The van der Waals surface area contributed by atoms with Gasteiger partial charge in [-0.05, 0) is 53.8 Å². The third-order valence-electron chi connectivity index (χ3n) is 8.22. The summed E-state index contributed by atoms with van der Waals surface area (Å²) in [5, 5.41) is 3.97. The first-order valence-corrected chi connectivity index (χ1v) is 17.8. The van der Waals surface area contributed by atoms with E-state index in [-0.39, 0.29) is 4.90 Å². The molecule has 0 amide bonds. The molecule has 3 aromatic rings. The number of nitrogens with zero attached hydrogens (tertiary/aromatic N) is 3. The topological polar surface area (TPSA) is 137 Å². The molecule has 0 radical (unpaired) electrons. The molecule has 3 aromatic carbocycles. The molecule has 4 atom stereocenters. The van der Waals surface area contributed by atoms with Crippen molar-refractivity contribution in [1.29, 1.82) is 0 Å². The number of carbonyl (C=O) groups is 1. The van der Waals surface area contributed by atoms with E-state index in [2.05, 4.69) is 30.8 Å². The van der Waals surface area contributed by atoms with Crippen LogP contribution in [0.5, 0.6) is 0 Å². The average Bonchev–Trinajstić information content (AvgIpc) is 3.43. The van der Waals surface area contributed by atoms with Gasteiger partial charge in [0, 0.05) is 4.91 Å². The SMILES string of the molecule is Cc1ccc(S(=O)(=O)C(=O)[C@]2(CO[Si](c3ccccc3)(c3ccccc3)C(C)(C)C)O[C@@H]3OC(C)(C)O[C@@H]3[C@@H]2N=[N+]=[N-])cc1. The van der Waals surface area contributed by atoms with Crippen molar-refractivity contribution in [1.82, 2.24) is 0 Å². The molecule has 0 aromatic heterocycles. The summed E-state index contributed by atoms with van der Waals surface area (Å²) >= 11 is 0. The van der Waals surface area contributed by atoms with Gasteiger partial charge in [0.1, 0.15) is 12.1 Å². The lowest BCUT2D eigenvalue weighted by atomic mass is 9.95. The maximum Gasteiger partial charge on any atom is 0.285 e. The summed E-state index contributed by atoms with van der Waals surface area (Å²) < 4.78 is 53.3. The van der Waals surface area contributed by atoms with Crippen LogP contribution in [-0.2, 0) is 33.3 Å². The Morgan fingerprint density at radius 2 is 1.48 bits per heavy atom. The molecule has 2 saturated heterocycles. The molecule has 0 aliphatic carbocycles. The molecule has 44 heavy (non-hydrogen) atoms. The van der Waals surface area contributed by atoms with Gasteiger partial charge in [-0.1, -0.05) is 104 Å². The van der Waals surface area contributed by atoms with Gasteiger partial charge in [-0.2, -0.15) is 0 Å². The fourth-order valence-electron chi connectivity index (χ4n) is 6.20. The highest BCUT2D eigenvalue weighted by Crippen LogP contribution is 2.47. The lowest BCUT2D eigenvalue weighted by molar-refractivity contribution is -0.227. The van der Waals surface area contributed by atoms with Crippen LogP contribution in [0.3, 0.4) is 0 Å². The number of ether oxygens (including phenoxy) is 3. The van der Waals surface area contributed by atoms with E-state index in [0.717, 1.165) is 15.9 Å². The van der Waals surface area contributed by atoms with Crippen LogP contribution in [0.4, 0.5) is 0 Å². The molecular formula is C32H37N3O7SSi. The fraction of sp³-hybridized carbons (Fsp3) is 0.406. The van der Waals surface area contributed by atoms with Crippen LogP contribution >= 0.6 is 0 Å². The monoisotopic (exact) mass is 635 g/mol. The zero-order chi connectivity index (χ0) is 32.0. The van der Waals surface area contributed by atoms with Crippen molar-refractivity contribution in [2.75, 3.05) is 6.61 Å². The van der Waals surface area contributed by atoms with Crippen molar-refractivity contribution >= 4 is 33.6 Å². The van der Waals surface area contributed by atoms with Crippen molar-refractivity contribution in [3.05, 3.63) is 101 Å². The maximum atomic E-state index is 14.5. The zero-order valence-corrected chi connectivity index (χ0v) is 27.4. The molecule has 2 aliphatic heterocycles. The van der Waals surface area contributed by atoms with Crippen LogP contribution in [0.25, 0.3) is 10.4 Å². The van der Waals surface area contributed by atoms with Gasteiger partial charge in [0.2, 0.25) is 9.84 Å². The Balaban J connectivity index is 1.70. The standard InChI is InChI=1S/C32H37N3O7SSi/c1-22-17-19-23(20-18-22)43(37,38)29(36)32(27(34-35-33)26-28(42-32)41-31(5,6)40-26)21-39-44(30(2,3)4,24-13-9-7-10-14-24)25-15-11-8-12-16-25/h7-20,26-28H,21H2,1-6H3/t26-,27+,28+,32-/m1/s1. The van der Waals surface area contributed by atoms with Gasteiger partial charge in [0.05, 0.1) is 11.5 Å². The van der Waals surface area contributed by atoms with Crippen LogP contribution in [0.1, 0.15) is 40.2 Å². The minimum absolute atomic E-state index is 0.208. The molecule has 2 fully saturated rings. The second-order valence-electron chi connectivity index (χ2n) is 12.7. The predicted octanol–water partition coefficient (Wildman–Crippen LogP) is 4.80. The summed E-state index contributed by atoms with van der Waals surface area (Å²) in [6.07, 6.45) is -2.23. The van der Waals surface area contributed by atoms with Gasteiger partial charge < -0.3 is 18.6 Å². The van der Waals surface area contributed by atoms with Crippen molar-refractivity contribution < 1.29 is 31.8 Å². The number of azide groups is 1. The molecular weight excluding hydrogens is 599 g/mol. The van der Waals surface area contributed by atoms with E-state index in [9.17, 15) is 18.7 Å². The van der Waals surface area contributed by atoms with Gasteiger partial charge in [-0.3, -0.25) is 4.79 Å². The van der Waals surface area contributed by atoms with Crippen molar-refractivity contribution in [3.8, 4) is 0 Å². The third-order valence-corrected chi connectivity index (χ3v) is 14.9. The highest BCUT2D eigenvalue weighted by atomic mass is 32.2. The largest absolute Gasteiger partial charge is 0.404 e. The molecule has 232 valence electrons. The molecule has 12 heteroatoms. The van der Waals surface area contributed by atoms with Crippen molar-refractivity contribution in [2.45, 2.75) is 81.3 Å². The highest BCUT2D eigenvalue weighted by molar-refractivity contribution is 8.06. The second kappa shape index (κ2) is 11.5. The Morgan fingerprint density at radius 1 is 0.932 bits per heavy atom. The van der Waals surface area contributed by atoms with Gasteiger partial charge in [0.15, 0.2) is 17.7 Å². The Labute approximate surface area is 259 Å². The number of carbonyl (C=O) groups excluding carboxylic acids is 1. The normalized spacial score (nSPS) is 24.8. The molecule has 0 saturated carbocycles. The van der Waals surface area contributed by atoms with Gasteiger partial charge in [-0.15, -0.1) is 0 Å². The summed E-state index contributed by atoms with van der Waals surface area (Å²) in [4.78, 5) is 17.3. The first kappa shape index (κ1) is 32.1. The van der Waals surface area contributed by atoms with Crippen LogP contribution < -0.4 is 10.4 Å². The van der Waals surface area contributed by atoms with Crippen LogP contribution in [-0.4, -0.2) is 58.3 Å². The van der Waals surface area contributed by atoms with Crippen LogP contribution in [0.2, 0.25) is 5.04 Å². The molecule has 10 nitrogen and oxygen atoms in total. The molecule has 5 rings (SSSR count). The lowest BCUT2D eigenvalue weighted by Gasteiger charge is -2.45. The predicted molar refractivity (Wildman–Crippen MR) is 168 cm³/mol. The Morgan fingerprint density at radius 3 is 1.98 bits per heavy atom. The molecule has 0 spiro atoms. The first-order valence-electron chi connectivity index (χ1n) is 14.4. The van der Waals surface area contributed by atoms with E-state index in [1.165, 1.54) is 12.1 Å². The van der Waals surface area contributed by atoms with E-state index in [1.807, 2.05) is 67.6 Å². The summed E-state index contributed by atoms with van der Waals surface area (Å²) in [7, 11) is -7.98. The summed E-state index contributed by atoms with van der Waals surface area (Å²) in [5.74, 6) is -1.12. The van der Waals surface area contributed by atoms with E-state index >= 15 is 0 Å². The number of rotatable bonds is 8. The van der Waals surface area contributed by atoms with Gasteiger partial charge in [0.25, 0.3) is 13.4 Å². The molecule has 0 bridgehead atoms. The van der Waals surface area contributed by atoms with Crippen LogP contribution in [0.15, 0.2) is 94.9 Å². The minimum atomic E-state index is -4.66. The molecule has 2 aliphatic rings. The summed E-state index contributed by atoms with van der Waals surface area (Å²) in [6.45, 7) is 10.8. The fourth-order valence-corrected chi connectivity index (χ4v) is 12.2. The Kier molecular flexibility index (Phi) is 8.40. The number of aryl methyl sites for hydroxylation is 1. The van der Waals surface area contributed by atoms with Gasteiger partial charge >= 0.3 is 0 Å². The summed E-state index contributed by atoms with van der Waals surface area (Å²) in [5.41, 5.74) is 8.21. The number of hydrogen-bond donors (Lipinski definition) is 0. The number of hydrogen-bond acceptors (Lipinski definition) is 8. The minimum Gasteiger partial charge on any atom is -0.404 e. The Hall–Kier alpha value is -3.35. The number of sulfone groups is 1. The first-order chi connectivity index (χ1) is 20.7. The molecule has 0 unspecified atom stereocenters. The highest BCUT2D eigenvalue weighted by Gasteiger charge is 2.68. The van der Waals surface area contributed by atoms with Gasteiger partial charge in [-0.25, -0.2) is 8.42 Å². The second-order valence-corrected chi connectivity index (χ2v) is 18.8. The number of benzene rings is 3. The summed E-state index contributed by atoms with van der Waals surface area (Å²) in [6, 6.07) is 23.9. The average molecular weight is 636 g/mol. The molecule has 2 heterocycles. The number of fused-ring (bicyclic) bond motifs is 1. The Bertz CT molecular complexity index is 1630. The van der Waals surface area contributed by atoms with E-state index in [1.54, 1.807) is 26.0 Å². The maximum absolute atomic E-state index is 14.5. The third kappa shape index (κ3) is 5.41. The zero-order valence-electron chi connectivity index (χ0n) is 25.6. The van der Waals surface area contributed by atoms with Crippen molar-refractivity contribution in [2.24, 2.45) is 5.11 Å². The van der Waals surface area contributed by atoms with Crippen molar-refractivity contribution in [3.63, 3.8) is 0 Å². The van der Waals surface area contributed by atoms with E-state index in [0.29, 0.717) is 0 Å². The molecule has 0 N–H and O–H groups in total.